The molecule has 2 rings (SSSR count). The van der Waals surface area contributed by atoms with Crippen LogP contribution in [0.5, 0.6) is 0 Å². The number of fused-ring (bicyclic) bond motifs is 1. The molecule has 0 radical (unpaired) electrons. The number of anilines is 1. The second-order valence-corrected chi connectivity index (χ2v) is 3.69. The fourth-order valence-electron chi connectivity index (χ4n) is 1.15. The van der Waals surface area contributed by atoms with Gasteiger partial charge in [0.1, 0.15) is 0 Å². The molecule has 1 aromatic heterocycles. The molecule has 0 aliphatic carbocycles. The molecule has 2 N–H and O–H groups in total. The van der Waals surface area contributed by atoms with Crippen LogP contribution in [-0.4, -0.2) is 5.16 Å². The van der Waals surface area contributed by atoms with E-state index in [1.807, 2.05) is 19.1 Å². The van der Waals surface area contributed by atoms with Gasteiger partial charge in [0.25, 0.3) is 0 Å². The number of nitrogen functional groups attached to an aromatic ring is 1. The van der Waals surface area contributed by atoms with Crippen molar-refractivity contribution in [3.63, 3.8) is 0 Å². The van der Waals surface area contributed by atoms with Gasteiger partial charge in [-0.3, -0.25) is 0 Å². The van der Waals surface area contributed by atoms with E-state index in [0.717, 1.165) is 25.9 Å². The lowest BCUT2D eigenvalue weighted by Gasteiger charge is -1.97. The third-order valence-electron chi connectivity index (χ3n) is 1.78. The Labute approximate surface area is 83.0 Å². The Morgan fingerprint density at radius 3 is 3.00 bits per heavy atom. The van der Waals surface area contributed by atoms with Crippen LogP contribution in [0.15, 0.2) is 16.7 Å². The summed E-state index contributed by atoms with van der Waals surface area (Å²) in [6.45, 7) is 1.91. The zero-order valence-corrected chi connectivity index (χ0v) is 8.62. The van der Waals surface area contributed by atoms with Crippen LogP contribution < -0.4 is 5.73 Å². The number of aryl methyl sites for hydroxylation is 1. The fourth-order valence-corrected chi connectivity index (χ4v) is 1.99. The molecular weight excluding hydrogens is 267 g/mol. The van der Waals surface area contributed by atoms with E-state index in [2.05, 4.69) is 27.7 Å². The minimum atomic E-state index is 0.773. The van der Waals surface area contributed by atoms with Crippen LogP contribution in [0.1, 0.15) is 5.69 Å². The molecule has 1 heterocycles. The van der Waals surface area contributed by atoms with Crippen LogP contribution >= 0.6 is 22.6 Å². The Morgan fingerprint density at radius 1 is 1.50 bits per heavy atom. The van der Waals surface area contributed by atoms with Crippen LogP contribution in [0, 0.1) is 10.5 Å². The van der Waals surface area contributed by atoms with Crippen LogP contribution in [0.25, 0.3) is 11.0 Å². The lowest BCUT2D eigenvalue weighted by Crippen LogP contribution is -1.89. The largest absolute Gasteiger partial charge is 0.398 e. The van der Waals surface area contributed by atoms with E-state index in [4.69, 9.17) is 10.3 Å². The summed E-state index contributed by atoms with van der Waals surface area (Å²) in [5, 5.41) is 4.89. The van der Waals surface area contributed by atoms with Gasteiger partial charge in [-0.15, -0.1) is 0 Å². The molecule has 4 heteroatoms. The highest BCUT2D eigenvalue weighted by molar-refractivity contribution is 14.1. The number of nitrogens with two attached hydrogens (primary N) is 1. The van der Waals surface area contributed by atoms with Gasteiger partial charge < -0.3 is 10.3 Å². The topological polar surface area (TPSA) is 52.0 Å². The van der Waals surface area contributed by atoms with Crippen LogP contribution in [-0.2, 0) is 0 Å². The molecule has 0 fully saturated rings. The van der Waals surface area contributed by atoms with Gasteiger partial charge >= 0.3 is 0 Å². The van der Waals surface area contributed by atoms with E-state index in [1.165, 1.54) is 0 Å². The summed E-state index contributed by atoms with van der Waals surface area (Å²) >= 11 is 2.20. The van der Waals surface area contributed by atoms with E-state index in [9.17, 15) is 0 Å². The number of aromatic nitrogens is 1. The quantitative estimate of drug-likeness (QED) is 0.592. The number of halogens is 1. The average molecular weight is 274 g/mol. The molecule has 62 valence electrons. The van der Waals surface area contributed by atoms with Crippen molar-refractivity contribution in [3.05, 3.63) is 21.4 Å². The molecule has 0 aliphatic heterocycles. The predicted octanol–water partition coefficient (Wildman–Crippen LogP) is 2.32. The van der Waals surface area contributed by atoms with Gasteiger partial charge in [0.05, 0.1) is 11.1 Å². The van der Waals surface area contributed by atoms with Crippen LogP contribution in [0.4, 0.5) is 5.69 Å². The molecule has 0 aliphatic rings. The van der Waals surface area contributed by atoms with Gasteiger partial charge in [-0.2, -0.15) is 0 Å². The minimum Gasteiger partial charge on any atom is -0.398 e. The number of nitrogens with zero attached hydrogens (tertiary/aromatic N) is 1. The van der Waals surface area contributed by atoms with Gasteiger partial charge in [0.15, 0.2) is 5.58 Å². The van der Waals surface area contributed by atoms with E-state index in [-0.39, 0.29) is 0 Å². The number of hydrogen-bond acceptors (Lipinski definition) is 3. The monoisotopic (exact) mass is 274 g/mol. The summed E-state index contributed by atoms with van der Waals surface area (Å²) in [4.78, 5) is 0. The summed E-state index contributed by atoms with van der Waals surface area (Å²) in [7, 11) is 0. The normalized spacial score (nSPS) is 10.8. The third-order valence-corrected chi connectivity index (χ3v) is 2.94. The maximum absolute atomic E-state index is 5.74. The Balaban J connectivity index is 2.96. The molecule has 0 atom stereocenters. The maximum atomic E-state index is 5.74. The fraction of sp³-hybridized carbons (Fsp3) is 0.125. The molecule has 2 aromatic rings. The van der Waals surface area contributed by atoms with Crippen molar-refractivity contribution in [1.82, 2.24) is 5.16 Å². The average Bonchev–Trinajstić information content (AvgIpc) is 2.41. The molecule has 0 bridgehead atoms. The summed E-state index contributed by atoms with van der Waals surface area (Å²) in [5.74, 6) is 0. The van der Waals surface area contributed by atoms with Crippen molar-refractivity contribution < 1.29 is 4.52 Å². The highest BCUT2D eigenvalue weighted by Crippen LogP contribution is 2.27. The van der Waals surface area contributed by atoms with Gasteiger partial charge in [0.2, 0.25) is 0 Å². The van der Waals surface area contributed by atoms with E-state index < -0.39 is 0 Å². The summed E-state index contributed by atoms with van der Waals surface area (Å²) in [5.41, 5.74) is 8.20. The Bertz CT molecular complexity index is 436. The third kappa shape index (κ3) is 0.979. The first-order chi connectivity index (χ1) is 5.70. The highest BCUT2D eigenvalue weighted by atomic mass is 127. The first-order valence-electron chi connectivity index (χ1n) is 3.50. The molecule has 0 amide bonds. The second kappa shape index (κ2) is 2.62. The Kier molecular flexibility index (Phi) is 1.71. The van der Waals surface area contributed by atoms with Crippen molar-refractivity contribution in [1.29, 1.82) is 0 Å². The van der Waals surface area contributed by atoms with Crippen molar-refractivity contribution >= 4 is 39.2 Å². The molecule has 3 nitrogen and oxygen atoms in total. The van der Waals surface area contributed by atoms with Crippen molar-refractivity contribution in [2.24, 2.45) is 0 Å². The van der Waals surface area contributed by atoms with E-state index >= 15 is 0 Å². The van der Waals surface area contributed by atoms with Gasteiger partial charge in [-0.05, 0) is 41.6 Å². The molecule has 0 saturated carbocycles. The summed E-state index contributed by atoms with van der Waals surface area (Å²) < 4.78 is 6.09. The molecular formula is C8H7IN2O. The SMILES string of the molecule is Cc1noc2ccc(N)c(I)c12. The first kappa shape index (κ1) is 7.85. The Morgan fingerprint density at radius 2 is 2.25 bits per heavy atom. The smallest absolute Gasteiger partial charge is 0.168 e. The molecule has 0 saturated heterocycles. The van der Waals surface area contributed by atoms with Crippen LogP contribution in [0.2, 0.25) is 0 Å². The molecule has 0 spiro atoms. The van der Waals surface area contributed by atoms with Gasteiger partial charge in [-0.25, -0.2) is 0 Å². The van der Waals surface area contributed by atoms with Crippen molar-refractivity contribution in [3.8, 4) is 0 Å². The minimum absolute atomic E-state index is 0.773. The van der Waals surface area contributed by atoms with Crippen molar-refractivity contribution in [2.75, 3.05) is 5.73 Å². The summed E-state index contributed by atoms with van der Waals surface area (Å²) in [6, 6.07) is 3.67. The Hall–Kier alpha value is -0.780. The van der Waals surface area contributed by atoms with Gasteiger partial charge in [-0.1, -0.05) is 5.16 Å². The number of hydrogen-bond donors (Lipinski definition) is 1. The maximum Gasteiger partial charge on any atom is 0.168 e. The lowest BCUT2D eigenvalue weighted by atomic mass is 10.2. The second-order valence-electron chi connectivity index (χ2n) is 2.61. The van der Waals surface area contributed by atoms with E-state index in [0.29, 0.717) is 0 Å². The number of rotatable bonds is 0. The first-order valence-corrected chi connectivity index (χ1v) is 4.58. The molecule has 12 heavy (non-hydrogen) atoms. The predicted molar refractivity (Wildman–Crippen MR) is 55.9 cm³/mol. The zero-order valence-electron chi connectivity index (χ0n) is 6.47. The molecule has 0 unspecified atom stereocenters. The summed E-state index contributed by atoms with van der Waals surface area (Å²) in [6.07, 6.45) is 0. The standard InChI is InChI=1S/C8H7IN2O/c1-4-7-6(12-11-4)3-2-5(10)8(7)9/h2-3H,10H2,1H3. The van der Waals surface area contributed by atoms with E-state index in [1.54, 1.807) is 0 Å². The molecule has 1 aromatic carbocycles. The van der Waals surface area contributed by atoms with Crippen LogP contribution in [0.3, 0.4) is 0 Å². The number of benzene rings is 1. The highest BCUT2D eigenvalue weighted by Gasteiger charge is 2.09. The lowest BCUT2D eigenvalue weighted by molar-refractivity contribution is 0.450. The zero-order chi connectivity index (χ0) is 8.72. The van der Waals surface area contributed by atoms with Crippen molar-refractivity contribution in [2.45, 2.75) is 6.92 Å². The van der Waals surface area contributed by atoms with Gasteiger partial charge in [0, 0.05) is 9.26 Å².